The Morgan fingerprint density at radius 3 is 2.50 bits per heavy atom. The number of benzene rings is 2. The van der Waals surface area contributed by atoms with Crippen LogP contribution in [0.4, 0.5) is 5.69 Å². The predicted molar refractivity (Wildman–Crippen MR) is 117 cm³/mol. The van der Waals surface area contributed by atoms with E-state index in [1.165, 1.54) is 24.3 Å². The molecule has 0 heterocycles. The summed E-state index contributed by atoms with van der Waals surface area (Å²) in [5.41, 5.74) is 13.7. The van der Waals surface area contributed by atoms with Gasteiger partial charge in [-0.25, -0.2) is 14.6 Å². The number of ether oxygens (including phenoxy) is 3. The number of aliphatic imine (C=N–C) groups is 1. The van der Waals surface area contributed by atoms with Crippen LogP contribution in [0.2, 0.25) is 0 Å². The van der Waals surface area contributed by atoms with Crippen molar-refractivity contribution in [3.8, 4) is 5.75 Å². The van der Waals surface area contributed by atoms with Crippen molar-refractivity contribution in [1.82, 2.24) is 0 Å². The molecule has 1 unspecified atom stereocenters. The van der Waals surface area contributed by atoms with Gasteiger partial charge >= 0.3 is 17.9 Å². The Bertz CT molecular complexity index is 1030. The fourth-order valence-electron chi connectivity index (χ4n) is 3.57. The van der Waals surface area contributed by atoms with Crippen LogP contribution in [0.1, 0.15) is 47.2 Å². The maximum Gasteiger partial charge on any atom is 0.344 e. The second-order valence-electron chi connectivity index (χ2n) is 7.15. The first-order valence-electron chi connectivity index (χ1n) is 10.2. The summed E-state index contributed by atoms with van der Waals surface area (Å²) >= 11 is 0. The Balaban J connectivity index is 1.67. The third kappa shape index (κ3) is 5.63. The zero-order chi connectivity index (χ0) is 23.1. The molecule has 0 bridgehead atoms. The lowest BCUT2D eigenvalue weighted by atomic mass is 9.82. The molecule has 4 N–H and O–H groups in total. The van der Waals surface area contributed by atoms with Gasteiger partial charge in [0.05, 0.1) is 23.8 Å². The highest BCUT2D eigenvalue weighted by Gasteiger charge is 2.29. The van der Waals surface area contributed by atoms with E-state index in [4.69, 9.17) is 25.7 Å². The van der Waals surface area contributed by atoms with Crippen LogP contribution in [-0.4, -0.2) is 37.1 Å². The van der Waals surface area contributed by atoms with Gasteiger partial charge in [-0.2, -0.15) is 0 Å². The zero-order valence-electron chi connectivity index (χ0n) is 17.7. The summed E-state index contributed by atoms with van der Waals surface area (Å²) in [6.45, 7) is 1.40. The molecular weight excluding hydrogens is 414 g/mol. The van der Waals surface area contributed by atoms with E-state index in [2.05, 4.69) is 4.99 Å². The van der Waals surface area contributed by atoms with Crippen LogP contribution in [0.3, 0.4) is 0 Å². The zero-order valence-corrected chi connectivity index (χ0v) is 17.7. The van der Waals surface area contributed by atoms with Gasteiger partial charge in [0.25, 0.3) is 0 Å². The molecule has 0 spiro atoms. The Morgan fingerprint density at radius 1 is 1.06 bits per heavy atom. The summed E-state index contributed by atoms with van der Waals surface area (Å²) < 4.78 is 15.1. The number of rotatable bonds is 7. The van der Waals surface area contributed by atoms with Gasteiger partial charge in [0.2, 0.25) is 0 Å². The van der Waals surface area contributed by atoms with Crippen LogP contribution in [0.25, 0.3) is 0 Å². The second kappa shape index (κ2) is 10.4. The van der Waals surface area contributed by atoms with Gasteiger partial charge in [-0.05, 0) is 67.6 Å². The minimum absolute atomic E-state index is 0.0380. The lowest BCUT2D eigenvalue weighted by Crippen LogP contribution is -2.24. The lowest BCUT2D eigenvalue weighted by molar-refractivity contribution is -0.146. The first kappa shape index (κ1) is 22.8. The Hall–Kier alpha value is -3.88. The molecule has 1 aliphatic rings. The quantitative estimate of drug-likeness (QED) is 0.290. The van der Waals surface area contributed by atoms with Crippen molar-refractivity contribution in [2.24, 2.45) is 16.5 Å². The monoisotopic (exact) mass is 439 g/mol. The van der Waals surface area contributed by atoms with Gasteiger partial charge in [-0.1, -0.05) is 12.1 Å². The molecule has 0 aromatic heterocycles. The predicted octanol–water partition coefficient (Wildman–Crippen LogP) is 2.34. The Labute approximate surface area is 185 Å². The number of carbonyl (C=O) groups excluding carboxylic acids is 3. The van der Waals surface area contributed by atoms with Gasteiger partial charge in [0.1, 0.15) is 5.75 Å². The minimum Gasteiger partial charge on any atom is -0.463 e. The minimum atomic E-state index is -0.676. The number of esters is 3. The standard InChI is InChI=1S/C23H25N3O6/c1-2-30-20(27)13-31-21(28)14-9-11-15(12-10-14)32-22(29)18-7-3-6-17-16(18)5-4-8-19(17)26-23(24)25/h4-5,8-12,18H,2-3,6-7,13H2,1H3,(H4,24,25,26). The van der Waals surface area contributed by atoms with Gasteiger partial charge < -0.3 is 25.7 Å². The Morgan fingerprint density at radius 2 is 1.81 bits per heavy atom. The first-order chi connectivity index (χ1) is 15.4. The fourth-order valence-corrected chi connectivity index (χ4v) is 3.57. The molecule has 32 heavy (non-hydrogen) atoms. The molecule has 0 aliphatic heterocycles. The molecular formula is C23H25N3O6. The average molecular weight is 439 g/mol. The highest BCUT2D eigenvalue weighted by Crippen LogP contribution is 2.37. The third-order valence-electron chi connectivity index (χ3n) is 4.95. The maximum absolute atomic E-state index is 12.9. The molecule has 0 amide bonds. The van der Waals surface area contributed by atoms with Crippen molar-refractivity contribution < 1.29 is 28.6 Å². The van der Waals surface area contributed by atoms with Crippen molar-refractivity contribution in [1.29, 1.82) is 0 Å². The molecule has 2 aromatic rings. The van der Waals surface area contributed by atoms with Crippen LogP contribution in [-0.2, 0) is 25.5 Å². The van der Waals surface area contributed by atoms with Crippen LogP contribution in [0.15, 0.2) is 47.5 Å². The first-order valence-corrected chi connectivity index (χ1v) is 10.2. The smallest absolute Gasteiger partial charge is 0.344 e. The number of nitrogens with two attached hydrogens (primary N) is 2. The van der Waals surface area contributed by atoms with E-state index in [0.717, 1.165) is 24.0 Å². The molecule has 1 atom stereocenters. The van der Waals surface area contributed by atoms with Crippen molar-refractivity contribution in [3.05, 3.63) is 59.2 Å². The number of carbonyl (C=O) groups is 3. The van der Waals surface area contributed by atoms with Gasteiger partial charge in [0, 0.05) is 0 Å². The number of nitrogens with zero attached hydrogens (tertiary/aromatic N) is 1. The van der Waals surface area contributed by atoms with Crippen molar-refractivity contribution >= 4 is 29.6 Å². The SMILES string of the molecule is CCOC(=O)COC(=O)c1ccc(OC(=O)C2CCCc3c(N=C(N)N)cccc32)cc1. The Kier molecular flexibility index (Phi) is 7.43. The lowest BCUT2D eigenvalue weighted by Gasteiger charge is -2.25. The van der Waals surface area contributed by atoms with Gasteiger partial charge in [-0.15, -0.1) is 0 Å². The largest absolute Gasteiger partial charge is 0.463 e. The summed E-state index contributed by atoms with van der Waals surface area (Å²) in [4.78, 5) is 40.3. The summed E-state index contributed by atoms with van der Waals surface area (Å²) in [7, 11) is 0. The van der Waals surface area contributed by atoms with E-state index < -0.39 is 30.4 Å². The molecule has 9 heteroatoms. The van der Waals surface area contributed by atoms with Gasteiger partial charge in [-0.3, -0.25) is 4.79 Å². The van der Waals surface area contributed by atoms with Crippen LogP contribution < -0.4 is 16.2 Å². The summed E-state index contributed by atoms with van der Waals surface area (Å²) in [6.07, 6.45) is 2.22. The van der Waals surface area contributed by atoms with E-state index in [-0.39, 0.29) is 18.1 Å². The topological polar surface area (TPSA) is 143 Å². The molecule has 1 aliphatic carbocycles. The number of fused-ring (bicyclic) bond motifs is 1. The van der Waals surface area contributed by atoms with Crippen molar-refractivity contribution in [2.45, 2.75) is 32.1 Å². The highest BCUT2D eigenvalue weighted by molar-refractivity contribution is 5.91. The number of guanidine groups is 1. The molecule has 3 rings (SSSR count). The molecule has 0 fully saturated rings. The molecule has 0 radical (unpaired) electrons. The number of hydrogen-bond acceptors (Lipinski definition) is 7. The normalized spacial score (nSPS) is 14.6. The van der Waals surface area contributed by atoms with E-state index in [0.29, 0.717) is 17.9 Å². The van der Waals surface area contributed by atoms with E-state index in [1.54, 1.807) is 6.92 Å². The van der Waals surface area contributed by atoms with E-state index in [9.17, 15) is 14.4 Å². The maximum atomic E-state index is 12.9. The summed E-state index contributed by atoms with van der Waals surface area (Å²) in [5.74, 6) is -1.88. The molecule has 2 aromatic carbocycles. The summed E-state index contributed by atoms with van der Waals surface area (Å²) in [6, 6.07) is 11.4. The van der Waals surface area contributed by atoms with Gasteiger partial charge in [0.15, 0.2) is 12.6 Å². The van der Waals surface area contributed by atoms with E-state index in [1.807, 2.05) is 18.2 Å². The highest BCUT2D eigenvalue weighted by atomic mass is 16.6. The molecule has 0 saturated heterocycles. The molecule has 0 saturated carbocycles. The summed E-state index contributed by atoms with van der Waals surface area (Å²) in [5, 5.41) is 0. The van der Waals surface area contributed by atoms with E-state index >= 15 is 0 Å². The van der Waals surface area contributed by atoms with Crippen molar-refractivity contribution in [2.75, 3.05) is 13.2 Å². The molecule has 9 nitrogen and oxygen atoms in total. The average Bonchev–Trinajstić information content (AvgIpc) is 2.77. The third-order valence-corrected chi connectivity index (χ3v) is 4.95. The molecule has 168 valence electrons. The van der Waals surface area contributed by atoms with Crippen LogP contribution in [0, 0.1) is 0 Å². The number of hydrogen-bond donors (Lipinski definition) is 2. The fraction of sp³-hybridized carbons (Fsp3) is 0.304. The van der Waals surface area contributed by atoms with Crippen LogP contribution in [0.5, 0.6) is 5.75 Å². The van der Waals surface area contributed by atoms with Crippen molar-refractivity contribution in [3.63, 3.8) is 0 Å². The van der Waals surface area contributed by atoms with Crippen LogP contribution >= 0.6 is 0 Å². The second-order valence-corrected chi connectivity index (χ2v) is 7.15.